The van der Waals surface area contributed by atoms with E-state index in [1.807, 2.05) is 0 Å². The summed E-state index contributed by atoms with van der Waals surface area (Å²) in [6, 6.07) is 4.92. The Hall–Kier alpha value is -3.13. The largest absolute Gasteiger partial charge is 0.330 e. The molecule has 2 aromatic carbocycles. The first-order valence-electron chi connectivity index (χ1n) is 12.4. The van der Waals surface area contributed by atoms with Crippen molar-refractivity contribution in [3.05, 3.63) is 69.7 Å². The minimum absolute atomic E-state index is 0.0688. The summed E-state index contributed by atoms with van der Waals surface area (Å²) >= 11 is 5.70. The van der Waals surface area contributed by atoms with Crippen molar-refractivity contribution >= 4 is 35.1 Å². The van der Waals surface area contributed by atoms with Crippen LogP contribution in [-0.2, 0) is 33.2 Å². The molecule has 1 fully saturated rings. The highest BCUT2D eigenvalue weighted by atomic mass is 35.5. The molecule has 166 valence electrons. The van der Waals surface area contributed by atoms with Gasteiger partial charge >= 0.3 is 5.92 Å². The number of nitrogens with one attached hydrogen (secondary N) is 1. The molecule has 1 N–H and O–H groups in total. The molecular weight excluding hydrogens is 442 g/mol. The third-order valence-corrected chi connectivity index (χ3v) is 5.27. The van der Waals surface area contributed by atoms with Crippen LogP contribution in [0.25, 0.3) is 0 Å². The lowest BCUT2D eigenvalue weighted by molar-refractivity contribution is -0.144. The van der Waals surface area contributed by atoms with Crippen LogP contribution in [-0.4, -0.2) is 34.4 Å². The van der Waals surface area contributed by atoms with Gasteiger partial charge < -0.3 is 4.90 Å². The Bertz CT molecular complexity index is 1370. The van der Waals surface area contributed by atoms with Crippen molar-refractivity contribution in [3.63, 3.8) is 0 Å². The fourth-order valence-electron chi connectivity index (χ4n) is 3.36. The summed E-state index contributed by atoms with van der Waals surface area (Å²) in [7, 11) is 0. The second-order valence-corrected chi connectivity index (χ2v) is 7.54. The number of hydrogen-bond acceptors (Lipinski definition) is 4. The second-order valence-electron chi connectivity index (χ2n) is 7.10. The van der Waals surface area contributed by atoms with Crippen LogP contribution < -0.4 is 5.32 Å². The van der Waals surface area contributed by atoms with E-state index in [9.17, 15) is 28.0 Å². The van der Waals surface area contributed by atoms with Crippen LogP contribution in [0, 0.1) is 0 Å². The van der Waals surface area contributed by atoms with Gasteiger partial charge in [0.25, 0.3) is 5.91 Å². The molecule has 2 aromatic rings. The number of carbonyl (C=O) groups is 4. The van der Waals surface area contributed by atoms with Crippen LogP contribution in [0.15, 0.2) is 42.5 Å². The maximum atomic E-state index is 14.7. The number of aryl methyl sites for hydroxylation is 1. The normalized spacial score (nSPS) is 27.7. The molecule has 0 radical (unpaired) electrons. The van der Waals surface area contributed by atoms with Crippen molar-refractivity contribution in [2.24, 2.45) is 0 Å². The van der Waals surface area contributed by atoms with Gasteiger partial charge in [-0.05, 0) is 42.1 Å². The number of fused-ring (bicyclic) bond motifs is 1. The minimum Gasteiger partial charge on any atom is -0.322 e. The molecule has 0 saturated carbocycles. The number of hydrogen-bond donors (Lipinski definition) is 1. The summed E-state index contributed by atoms with van der Waals surface area (Å²) in [4.78, 5) is 50.3. The van der Waals surface area contributed by atoms with Gasteiger partial charge in [0.15, 0.2) is 0 Å². The molecule has 2 aliphatic rings. The number of piperidine rings is 1. The van der Waals surface area contributed by atoms with Gasteiger partial charge in [-0.1, -0.05) is 35.9 Å². The number of alkyl halides is 2. The molecular formula is C23H19ClF2N2O4. The molecule has 4 rings (SSSR count). The summed E-state index contributed by atoms with van der Waals surface area (Å²) in [6.07, 6.45) is -9.14. The highest BCUT2D eigenvalue weighted by Crippen LogP contribution is 2.32. The summed E-state index contributed by atoms with van der Waals surface area (Å²) in [5.74, 6) is -9.53. The zero-order valence-corrected chi connectivity index (χ0v) is 17.0. The van der Waals surface area contributed by atoms with Gasteiger partial charge in [-0.15, -0.1) is 0 Å². The zero-order chi connectivity index (χ0) is 28.4. The molecule has 9 heteroatoms. The number of amides is 3. The van der Waals surface area contributed by atoms with E-state index in [4.69, 9.17) is 19.8 Å². The highest BCUT2D eigenvalue weighted by Gasteiger charge is 2.41. The summed E-state index contributed by atoms with van der Waals surface area (Å²) in [5, 5.41) is 1.80. The number of halogens is 3. The van der Waals surface area contributed by atoms with E-state index in [0.29, 0.717) is 4.90 Å². The zero-order valence-electron chi connectivity index (χ0n) is 22.2. The molecule has 6 nitrogen and oxygen atoms in total. The first kappa shape index (κ1) is 15.6. The van der Waals surface area contributed by atoms with Crippen molar-refractivity contribution in [1.29, 1.82) is 0 Å². The molecule has 1 saturated heterocycles. The number of nitrogens with zero attached hydrogens (tertiary/aromatic N) is 1. The van der Waals surface area contributed by atoms with E-state index in [0.717, 1.165) is 12.1 Å². The maximum Gasteiger partial charge on any atom is 0.330 e. The number of imide groups is 1. The fourth-order valence-corrected chi connectivity index (χ4v) is 3.49. The standard InChI is InChI=1S/C23H19ClF2N2O4/c24-16-5-3-15(4-6-16)23(25,26)19(29)9-2-13-1-7-17-14(11-13)12-28(22(17)32)18-8-10-20(30)27-21(18)31/h1,3-7,11,18H,2,8-10,12H2,(H,27,30,31)/t18-/m1/s1/i2D,8D2,10D2,18D/t2?,18-. The predicted octanol–water partition coefficient (Wildman–Crippen LogP) is 3.39. The third-order valence-electron chi connectivity index (χ3n) is 5.02. The van der Waals surface area contributed by atoms with Crippen molar-refractivity contribution in [3.8, 4) is 0 Å². The van der Waals surface area contributed by atoms with Gasteiger partial charge in [-0.25, -0.2) is 0 Å². The summed E-state index contributed by atoms with van der Waals surface area (Å²) in [5.41, 5.74) is -0.506. The Morgan fingerprint density at radius 1 is 1.25 bits per heavy atom. The Balaban J connectivity index is 1.58. The minimum atomic E-state index is -3.89. The number of ketones is 1. The molecule has 0 aliphatic carbocycles. The summed E-state index contributed by atoms with van der Waals surface area (Å²) < 4.78 is 77.9. The van der Waals surface area contributed by atoms with Gasteiger partial charge in [0, 0.05) is 42.3 Å². The fraction of sp³-hybridized carbons (Fsp3) is 0.304. The van der Waals surface area contributed by atoms with Crippen molar-refractivity contribution in [2.75, 3.05) is 0 Å². The van der Waals surface area contributed by atoms with Gasteiger partial charge in [0.1, 0.15) is 6.02 Å². The van der Waals surface area contributed by atoms with Crippen LogP contribution in [0.2, 0.25) is 5.02 Å². The second kappa shape index (κ2) is 8.43. The Morgan fingerprint density at radius 3 is 2.69 bits per heavy atom. The van der Waals surface area contributed by atoms with Gasteiger partial charge in [-0.3, -0.25) is 24.5 Å². The Kier molecular flexibility index (Phi) is 4.12. The van der Waals surface area contributed by atoms with E-state index in [-0.39, 0.29) is 21.7 Å². The van der Waals surface area contributed by atoms with Crippen LogP contribution in [0.5, 0.6) is 0 Å². The highest BCUT2D eigenvalue weighted by molar-refractivity contribution is 6.30. The number of carbonyl (C=O) groups excluding carboxylic acids is 4. The maximum absolute atomic E-state index is 14.7. The monoisotopic (exact) mass is 466 g/mol. The van der Waals surface area contributed by atoms with E-state index in [1.165, 1.54) is 30.3 Å². The van der Waals surface area contributed by atoms with Gasteiger partial charge in [0.05, 0.1) is 1.37 Å². The first-order chi connectivity index (χ1) is 17.5. The lowest BCUT2D eigenvalue weighted by atomic mass is 9.97. The molecule has 0 spiro atoms. The Labute approximate surface area is 196 Å². The van der Waals surface area contributed by atoms with Gasteiger partial charge in [0.2, 0.25) is 17.6 Å². The molecule has 32 heavy (non-hydrogen) atoms. The van der Waals surface area contributed by atoms with E-state index in [1.54, 1.807) is 5.32 Å². The van der Waals surface area contributed by atoms with Crippen molar-refractivity contribution < 1.29 is 36.2 Å². The average molecular weight is 467 g/mol. The lowest BCUT2D eigenvalue weighted by Crippen LogP contribution is -2.52. The van der Waals surface area contributed by atoms with Gasteiger partial charge in [-0.2, -0.15) is 8.78 Å². The molecule has 2 atom stereocenters. The van der Waals surface area contributed by atoms with Crippen LogP contribution >= 0.6 is 11.6 Å². The molecule has 0 aromatic heterocycles. The molecule has 2 aliphatic heterocycles. The van der Waals surface area contributed by atoms with Crippen LogP contribution in [0.1, 0.15) is 54.4 Å². The SMILES string of the molecule is [2H]C(CC(=O)C(F)(F)c1ccc(Cl)cc1)c1ccc2c(c1)CN([C@@]1([2H])C(=O)NC(=O)C([2H])([2H])C1([2H])[2H])C2=O. The summed E-state index contributed by atoms with van der Waals surface area (Å²) in [6.45, 7) is -0.565. The average Bonchev–Trinajstić information content (AvgIpc) is 3.18. The predicted molar refractivity (Wildman–Crippen MR) is 111 cm³/mol. The molecule has 0 bridgehead atoms. The molecule has 2 heterocycles. The van der Waals surface area contributed by atoms with E-state index in [2.05, 4.69) is 0 Å². The smallest absolute Gasteiger partial charge is 0.322 e. The Morgan fingerprint density at radius 2 is 1.97 bits per heavy atom. The van der Waals surface area contributed by atoms with Crippen molar-refractivity contribution in [1.82, 2.24) is 10.2 Å². The van der Waals surface area contributed by atoms with E-state index >= 15 is 0 Å². The molecule has 3 amide bonds. The number of Topliss-reactive ketones (excluding diaryl/α,β-unsaturated/α-hetero) is 1. The topological polar surface area (TPSA) is 83.6 Å². The van der Waals surface area contributed by atoms with Crippen LogP contribution in [0.3, 0.4) is 0 Å². The number of benzene rings is 2. The lowest BCUT2D eigenvalue weighted by Gasteiger charge is -2.29. The van der Waals surface area contributed by atoms with Crippen molar-refractivity contribution in [2.45, 2.75) is 44.0 Å². The van der Waals surface area contributed by atoms with Crippen LogP contribution in [0.4, 0.5) is 8.78 Å². The number of rotatable bonds is 6. The van der Waals surface area contributed by atoms with E-state index < -0.39 is 73.1 Å². The quantitative estimate of drug-likeness (QED) is 0.661. The molecule has 1 unspecified atom stereocenters. The first-order valence-corrected chi connectivity index (χ1v) is 9.74. The third kappa shape index (κ3) is 4.14.